The number of benzene rings is 1. The maximum Gasteiger partial charge on any atom is 0.168 e. The second-order valence-electron chi connectivity index (χ2n) is 3.05. The standard InChI is InChI=1S/C11H16N2O2S/c1-3-14-9-5-8(13-11(12)16)6-10(7-9)15-4-2/h5-7H,3-4H2,1-2H3,(H3,12,13,16). The first-order valence-electron chi connectivity index (χ1n) is 5.12. The van der Waals surface area contributed by atoms with Crippen LogP contribution in [-0.2, 0) is 0 Å². The maximum absolute atomic E-state index is 5.41. The Morgan fingerprint density at radius 3 is 2.06 bits per heavy atom. The summed E-state index contributed by atoms with van der Waals surface area (Å²) in [7, 11) is 0. The topological polar surface area (TPSA) is 56.5 Å². The van der Waals surface area contributed by atoms with E-state index in [4.69, 9.17) is 27.4 Å². The van der Waals surface area contributed by atoms with Crippen molar-refractivity contribution in [3.8, 4) is 11.5 Å². The van der Waals surface area contributed by atoms with Crippen LogP contribution in [0.15, 0.2) is 18.2 Å². The number of nitrogens with two attached hydrogens (primary N) is 1. The number of rotatable bonds is 5. The molecular weight excluding hydrogens is 224 g/mol. The van der Waals surface area contributed by atoms with E-state index in [0.29, 0.717) is 13.2 Å². The number of hydrogen-bond donors (Lipinski definition) is 2. The molecule has 1 aromatic carbocycles. The molecule has 0 fully saturated rings. The Bertz CT molecular complexity index is 345. The summed E-state index contributed by atoms with van der Waals surface area (Å²) in [5.41, 5.74) is 6.18. The molecule has 0 aromatic heterocycles. The molecule has 0 unspecified atom stereocenters. The molecule has 1 rings (SSSR count). The van der Waals surface area contributed by atoms with Gasteiger partial charge in [-0.25, -0.2) is 0 Å². The van der Waals surface area contributed by atoms with Crippen molar-refractivity contribution < 1.29 is 9.47 Å². The van der Waals surface area contributed by atoms with Gasteiger partial charge in [-0.3, -0.25) is 0 Å². The Hall–Kier alpha value is -1.49. The Morgan fingerprint density at radius 2 is 1.69 bits per heavy atom. The Labute approximate surface area is 101 Å². The zero-order valence-corrected chi connectivity index (χ0v) is 10.3. The number of ether oxygens (including phenoxy) is 2. The minimum absolute atomic E-state index is 0.219. The van der Waals surface area contributed by atoms with E-state index < -0.39 is 0 Å². The third kappa shape index (κ3) is 3.94. The van der Waals surface area contributed by atoms with Crippen LogP contribution in [0.1, 0.15) is 13.8 Å². The SMILES string of the molecule is CCOc1cc(NC(N)=S)cc(OCC)c1. The fourth-order valence-corrected chi connectivity index (χ4v) is 1.40. The van der Waals surface area contributed by atoms with Gasteiger partial charge < -0.3 is 20.5 Å². The van der Waals surface area contributed by atoms with E-state index >= 15 is 0 Å². The van der Waals surface area contributed by atoms with Crippen LogP contribution in [0.25, 0.3) is 0 Å². The number of hydrogen-bond acceptors (Lipinski definition) is 3. The molecule has 3 N–H and O–H groups in total. The largest absolute Gasteiger partial charge is 0.494 e. The van der Waals surface area contributed by atoms with E-state index in [9.17, 15) is 0 Å². The van der Waals surface area contributed by atoms with Gasteiger partial charge in [-0.2, -0.15) is 0 Å². The van der Waals surface area contributed by atoms with Crippen molar-refractivity contribution in [1.29, 1.82) is 0 Å². The third-order valence-corrected chi connectivity index (χ3v) is 1.87. The summed E-state index contributed by atoms with van der Waals surface area (Å²) in [6.45, 7) is 5.05. The highest BCUT2D eigenvalue weighted by Gasteiger charge is 2.03. The molecule has 4 nitrogen and oxygen atoms in total. The van der Waals surface area contributed by atoms with Gasteiger partial charge >= 0.3 is 0 Å². The normalized spacial score (nSPS) is 9.62. The van der Waals surface area contributed by atoms with Crippen molar-refractivity contribution in [1.82, 2.24) is 0 Å². The fourth-order valence-electron chi connectivity index (χ4n) is 1.29. The van der Waals surface area contributed by atoms with Crippen LogP contribution in [0.3, 0.4) is 0 Å². The van der Waals surface area contributed by atoms with Crippen LogP contribution >= 0.6 is 12.2 Å². The first-order chi connectivity index (χ1) is 7.65. The molecule has 88 valence electrons. The van der Waals surface area contributed by atoms with Gasteiger partial charge in [0.1, 0.15) is 11.5 Å². The maximum atomic E-state index is 5.41. The van der Waals surface area contributed by atoms with Crippen LogP contribution < -0.4 is 20.5 Å². The molecule has 0 bridgehead atoms. The average molecular weight is 240 g/mol. The van der Waals surface area contributed by atoms with Gasteiger partial charge in [-0.1, -0.05) is 0 Å². The van der Waals surface area contributed by atoms with Gasteiger partial charge in [0.05, 0.1) is 13.2 Å². The summed E-state index contributed by atoms with van der Waals surface area (Å²) in [6, 6.07) is 5.48. The molecule has 16 heavy (non-hydrogen) atoms. The van der Waals surface area contributed by atoms with Crippen molar-refractivity contribution in [3.63, 3.8) is 0 Å². The highest BCUT2D eigenvalue weighted by Crippen LogP contribution is 2.26. The Morgan fingerprint density at radius 1 is 1.19 bits per heavy atom. The lowest BCUT2D eigenvalue weighted by atomic mass is 10.3. The van der Waals surface area contributed by atoms with E-state index in [2.05, 4.69) is 5.32 Å². The summed E-state index contributed by atoms with van der Waals surface area (Å²) >= 11 is 4.78. The van der Waals surface area contributed by atoms with Crippen molar-refractivity contribution in [2.45, 2.75) is 13.8 Å². The summed E-state index contributed by atoms with van der Waals surface area (Å²) in [5.74, 6) is 1.46. The van der Waals surface area contributed by atoms with Gasteiger partial charge in [-0.05, 0) is 26.1 Å². The van der Waals surface area contributed by atoms with Crippen molar-refractivity contribution in [2.75, 3.05) is 18.5 Å². The molecule has 0 saturated carbocycles. The quantitative estimate of drug-likeness (QED) is 0.772. The number of thiocarbonyl (C=S) groups is 1. The fraction of sp³-hybridized carbons (Fsp3) is 0.364. The molecule has 0 spiro atoms. The van der Waals surface area contributed by atoms with Crippen LogP contribution in [0.4, 0.5) is 5.69 Å². The second-order valence-corrected chi connectivity index (χ2v) is 3.49. The highest BCUT2D eigenvalue weighted by atomic mass is 32.1. The zero-order chi connectivity index (χ0) is 12.0. The molecule has 0 amide bonds. The lowest BCUT2D eigenvalue weighted by Crippen LogP contribution is -2.18. The first-order valence-corrected chi connectivity index (χ1v) is 5.53. The Kier molecular flexibility index (Phi) is 4.85. The molecular formula is C11H16N2O2S. The molecule has 0 atom stereocenters. The number of anilines is 1. The van der Waals surface area contributed by atoms with Gasteiger partial charge in [0.15, 0.2) is 5.11 Å². The minimum atomic E-state index is 0.219. The summed E-state index contributed by atoms with van der Waals surface area (Å²) in [5, 5.41) is 3.07. The van der Waals surface area contributed by atoms with Crippen LogP contribution in [0.5, 0.6) is 11.5 Å². The molecule has 0 saturated heterocycles. The van der Waals surface area contributed by atoms with Crippen LogP contribution in [-0.4, -0.2) is 18.3 Å². The lowest BCUT2D eigenvalue weighted by molar-refractivity contribution is 0.323. The molecule has 0 aliphatic rings. The minimum Gasteiger partial charge on any atom is -0.494 e. The highest BCUT2D eigenvalue weighted by molar-refractivity contribution is 7.80. The van der Waals surface area contributed by atoms with E-state index in [1.165, 1.54) is 0 Å². The van der Waals surface area contributed by atoms with Crippen molar-refractivity contribution >= 4 is 23.0 Å². The average Bonchev–Trinajstić information content (AvgIpc) is 2.17. The first kappa shape index (κ1) is 12.6. The van der Waals surface area contributed by atoms with Crippen LogP contribution in [0, 0.1) is 0 Å². The molecule has 0 aliphatic heterocycles. The molecule has 1 aromatic rings. The van der Waals surface area contributed by atoms with Gasteiger partial charge in [0, 0.05) is 23.9 Å². The lowest BCUT2D eigenvalue weighted by Gasteiger charge is -2.11. The summed E-state index contributed by atoms with van der Waals surface area (Å²) < 4.78 is 10.8. The monoisotopic (exact) mass is 240 g/mol. The molecule has 0 radical (unpaired) electrons. The predicted octanol–water partition coefficient (Wildman–Crippen LogP) is 2.14. The predicted molar refractivity (Wildman–Crippen MR) is 69.2 cm³/mol. The van der Waals surface area contributed by atoms with Gasteiger partial charge in [0.25, 0.3) is 0 Å². The van der Waals surface area contributed by atoms with Gasteiger partial charge in [-0.15, -0.1) is 0 Å². The van der Waals surface area contributed by atoms with Crippen LogP contribution in [0.2, 0.25) is 0 Å². The van der Waals surface area contributed by atoms with E-state index in [1.54, 1.807) is 0 Å². The second kappa shape index (κ2) is 6.17. The van der Waals surface area contributed by atoms with Crippen molar-refractivity contribution in [3.05, 3.63) is 18.2 Å². The summed E-state index contributed by atoms with van der Waals surface area (Å²) in [4.78, 5) is 0. The van der Waals surface area contributed by atoms with E-state index in [0.717, 1.165) is 17.2 Å². The van der Waals surface area contributed by atoms with E-state index in [-0.39, 0.29) is 5.11 Å². The van der Waals surface area contributed by atoms with Crippen molar-refractivity contribution in [2.24, 2.45) is 5.73 Å². The van der Waals surface area contributed by atoms with Gasteiger partial charge in [0.2, 0.25) is 0 Å². The Balaban J connectivity index is 2.93. The molecule has 0 heterocycles. The molecule has 5 heteroatoms. The van der Waals surface area contributed by atoms with E-state index in [1.807, 2.05) is 32.0 Å². The molecule has 0 aliphatic carbocycles. The third-order valence-electron chi connectivity index (χ3n) is 1.77. The summed E-state index contributed by atoms with van der Waals surface area (Å²) in [6.07, 6.45) is 0. The zero-order valence-electron chi connectivity index (χ0n) is 9.45. The number of nitrogens with one attached hydrogen (secondary N) is 1. The smallest absolute Gasteiger partial charge is 0.168 e.